The molecule has 3 aromatic rings. The first-order valence-corrected chi connectivity index (χ1v) is 9.65. The minimum atomic E-state index is -0.268. The van der Waals surface area contributed by atoms with E-state index in [1.807, 2.05) is 41.2 Å². The Balaban J connectivity index is 0.00000240. The molecule has 152 valence electrons. The van der Waals surface area contributed by atoms with E-state index in [1.165, 1.54) is 25.0 Å². The molecule has 1 aliphatic carbocycles. The van der Waals surface area contributed by atoms with Crippen molar-refractivity contribution in [1.29, 1.82) is 0 Å². The number of rotatable bonds is 5. The molecule has 4 rings (SSSR count). The molecule has 0 saturated heterocycles. The molecule has 2 aromatic carbocycles. The summed E-state index contributed by atoms with van der Waals surface area (Å²) in [5.74, 6) is 0.195. The number of nitrogens with one attached hydrogen (secondary N) is 1. The molecule has 0 bridgehead atoms. The fourth-order valence-corrected chi connectivity index (χ4v) is 3.58. The Hall–Kier alpha value is -2.67. The van der Waals surface area contributed by atoms with Crippen molar-refractivity contribution in [3.05, 3.63) is 72.2 Å². The number of nitrogens with two attached hydrogens (primary N) is 1. The van der Waals surface area contributed by atoms with Crippen molar-refractivity contribution in [2.45, 2.75) is 38.3 Å². The Morgan fingerprint density at radius 3 is 2.48 bits per heavy atom. The Morgan fingerprint density at radius 1 is 1.10 bits per heavy atom. The third-order valence-corrected chi connectivity index (χ3v) is 5.06. The maximum Gasteiger partial charge on any atom is 0.189 e. The van der Waals surface area contributed by atoms with E-state index in [0.717, 1.165) is 35.3 Å². The number of hydrogen-bond donors (Lipinski definition) is 2. The number of hydrogen-bond acceptors (Lipinski definition) is 2. The van der Waals surface area contributed by atoms with Gasteiger partial charge in [-0.1, -0.05) is 31.0 Å². The van der Waals surface area contributed by atoms with Crippen LogP contribution in [-0.4, -0.2) is 21.8 Å². The van der Waals surface area contributed by atoms with E-state index in [1.54, 1.807) is 12.1 Å². The smallest absolute Gasteiger partial charge is 0.189 e. The molecule has 5 nitrogen and oxygen atoms in total. The zero-order chi connectivity index (χ0) is 19.3. The number of aliphatic imine (C=N–C) groups is 1. The summed E-state index contributed by atoms with van der Waals surface area (Å²) in [4.78, 5) is 4.52. The third-order valence-electron chi connectivity index (χ3n) is 5.06. The molecule has 0 amide bonds. The zero-order valence-corrected chi connectivity index (χ0v) is 17.8. The van der Waals surface area contributed by atoms with Gasteiger partial charge in [0.1, 0.15) is 5.82 Å². The quantitative estimate of drug-likeness (QED) is 0.434. The van der Waals surface area contributed by atoms with Gasteiger partial charge < -0.3 is 11.1 Å². The molecule has 1 aromatic heterocycles. The molecule has 0 aliphatic heterocycles. The average Bonchev–Trinajstić information content (AvgIpc) is 3.38. The summed E-state index contributed by atoms with van der Waals surface area (Å²) in [5, 5.41) is 8.03. The fourth-order valence-electron chi connectivity index (χ4n) is 3.58. The van der Waals surface area contributed by atoms with Crippen LogP contribution in [0.5, 0.6) is 0 Å². The van der Waals surface area contributed by atoms with Crippen LogP contribution in [0.25, 0.3) is 16.9 Å². The fraction of sp³-hybridized carbons (Fsp3) is 0.273. The standard InChI is InChI=1S/C22H24FN5.BrH/c23-18-12-10-16(11-13-18)21-17(14-25-22(24)26-19-6-4-5-7-19)15-28(27-21)20-8-2-1-3-9-20;/h1-3,8-13,15,19H,4-7,14H2,(H3,24,25,26);1H. The summed E-state index contributed by atoms with van der Waals surface area (Å²) >= 11 is 0. The van der Waals surface area contributed by atoms with E-state index in [9.17, 15) is 4.39 Å². The summed E-state index contributed by atoms with van der Waals surface area (Å²) in [6.07, 6.45) is 6.72. The van der Waals surface area contributed by atoms with E-state index in [-0.39, 0.29) is 22.8 Å². The van der Waals surface area contributed by atoms with Gasteiger partial charge >= 0.3 is 0 Å². The molecule has 0 unspecified atom stereocenters. The van der Waals surface area contributed by atoms with Gasteiger partial charge in [0.15, 0.2) is 5.96 Å². The van der Waals surface area contributed by atoms with Crippen LogP contribution in [0.3, 0.4) is 0 Å². The first-order chi connectivity index (χ1) is 13.7. The zero-order valence-electron chi connectivity index (χ0n) is 16.1. The van der Waals surface area contributed by atoms with Crippen molar-refractivity contribution in [3.63, 3.8) is 0 Å². The summed E-state index contributed by atoms with van der Waals surface area (Å²) in [6, 6.07) is 16.7. The molecular formula is C22H25BrFN5. The van der Waals surface area contributed by atoms with Gasteiger partial charge in [-0.2, -0.15) is 5.10 Å². The van der Waals surface area contributed by atoms with Crippen LogP contribution >= 0.6 is 17.0 Å². The summed E-state index contributed by atoms with van der Waals surface area (Å²) in [6.45, 7) is 0.408. The van der Waals surface area contributed by atoms with Crippen LogP contribution in [0.4, 0.5) is 4.39 Å². The largest absolute Gasteiger partial charge is 0.370 e. The lowest BCUT2D eigenvalue weighted by Gasteiger charge is -2.12. The summed E-state index contributed by atoms with van der Waals surface area (Å²) in [7, 11) is 0. The van der Waals surface area contributed by atoms with Crippen molar-refractivity contribution < 1.29 is 4.39 Å². The minimum Gasteiger partial charge on any atom is -0.370 e. The van der Waals surface area contributed by atoms with Gasteiger partial charge in [-0.3, -0.25) is 0 Å². The average molecular weight is 458 g/mol. The maximum atomic E-state index is 13.3. The van der Waals surface area contributed by atoms with E-state index in [4.69, 9.17) is 10.8 Å². The van der Waals surface area contributed by atoms with E-state index in [2.05, 4.69) is 10.3 Å². The Kier molecular flexibility index (Phi) is 7.04. The molecular weight excluding hydrogens is 433 g/mol. The van der Waals surface area contributed by atoms with Crippen molar-refractivity contribution >= 4 is 22.9 Å². The van der Waals surface area contributed by atoms with Gasteiger partial charge in [0.2, 0.25) is 0 Å². The van der Waals surface area contributed by atoms with E-state index >= 15 is 0 Å². The number of para-hydroxylation sites is 1. The highest BCUT2D eigenvalue weighted by atomic mass is 79.9. The first-order valence-electron chi connectivity index (χ1n) is 9.65. The molecule has 0 spiro atoms. The van der Waals surface area contributed by atoms with Crippen LogP contribution in [-0.2, 0) is 6.54 Å². The lowest BCUT2D eigenvalue weighted by Crippen LogP contribution is -2.38. The normalized spacial score (nSPS) is 14.6. The molecule has 1 fully saturated rings. The highest BCUT2D eigenvalue weighted by Crippen LogP contribution is 2.25. The van der Waals surface area contributed by atoms with E-state index in [0.29, 0.717) is 18.5 Å². The van der Waals surface area contributed by atoms with Crippen molar-refractivity contribution in [1.82, 2.24) is 15.1 Å². The lowest BCUT2D eigenvalue weighted by molar-refractivity contribution is 0.625. The van der Waals surface area contributed by atoms with Crippen molar-refractivity contribution in [2.75, 3.05) is 0 Å². The molecule has 1 aliphatic rings. The Labute approximate surface area is 180 Å². The van der Waals surface area contributed by atoms with Crippen molar-refractivity contribution in [2.24, 2.45) is 10.7 Å². The van der Waals surface area contributed by atoms with Gasteiger partial charge in [-0.15, -0.1) is 17.0 Å². The van der Waals surface area contributed by atoms with Crippen LogP contribution in [0, 0.1) is 5.82 Å². The lowest BCUT2D eigenvalue weighted by atomic mass is 10.1. The monoisotopic (exact) mass is 457 g/mol. The highest BCUT2D eigenvalue weighted by molar-refractivity contribution is 8.93. The molecule has 7 heteroatoms. The van der Waals surface area contributed by atoms with Gasteiger partial charge in [0.25, 0.3) is 0 Å². The van der Waals surface area contributed by atoms with Crippen LogP contribution in [0.1, 0.15) is 31.2 Å². The topological polar surface area (TPSA) is 68.2 Å². The third kappa shape index (κ3) is 5.23. The second-order valence-corrected chi connectivity index (χ2v) is 7.12. The highest BCUT2D eigenvalue weighted by Gasteiger charge is 2.16. The molecule has 1 saturated carbocycles. The van der Waals surface area contributed by atoms with Gasteiger partial charge in [-0.05, 0) is 49.2 Å². The Bertz CT molecular complexity index is 947. The van der Waals surface area contributed by atoms with Crippen LogP contribution < -0.4 is 11.1 Å². The minimum absolute atomic E-state index is 0. The number of nitrogens with zero attached hydrogens (tertiary/aromatic N) is 3. The summed E-state index contributed by atoms with van der Waals surface area (Å²) in [5.41, 5.74) is 9.61. The molecule has 29 heavy (non-hydrogen) atoms. The number of benzene rings is 2. The predicted octanol–water partition coefficient (Wildman–Crippen LogP) is 4.60. The van der Waals surface area contributed by atoms with Crippen LogP contribution in [0.15, 0.2) is 65.8 Å². The first kappa shape index (κ1) is 21.0. The van der Waals surface area contributed by atoms with E-state index < -0.39 is 0 Å². The molecule has 0 radical (unpaired) electrons. The SMILES string of the molecule is Br.NC(=NCc1cn(-c2ccccc2)nc1-c1ccc(F)cc1)NC1CCCC1. The van der Waals surface area contributed by atoms with Crippen molar-refractivity contribution in [3.8, 4) is 16.9 Å². The number of guanidine groups is 1. The predicted molar refractivity (Wildman–Crippen MR) is 120 cm³/mol. The van der Waals surface area contributed by atoms with Gasteiger partial charge in [0.05, 0.1) is 17.9 Å². The number of halogens is 2. The molecule has 3 N–H and O–H groups in total. The second kappa shape index (κ2) is 9.69. The summed E-state index contributed by atoms with van der Waals surface area (Å²) < 4.78 is 15.2. The maximum absolute atomic E-state index is 13.3. The molecule has 0 atom stereocenters. The van der Waals surface area contributed by atoms with Gasteiger partial charge in [0, 0.05) is 23.4 Å². The van der Waals surface area contributed by atoms with Crippen LogP contribution in [0.2, 0.25) is 0 Å². The van der Waals surface area contributed by atoms with Gasteiger partial charge in [-0.25, -0.2) is 14.1 Å². The molecule has 1 heterocycles. The Morgan fingerprint density at radius 2 is 1.79 bits per heavy atom. The second-order valence-electron chi connectivity index (χ2n) is 7.12. The number of aromatic nitrogens is 2.